The molecule has 0 fully saturated rings. The quantitative estimate of drug-likeness (QED) is 0.497. The lowest BCUT2D eigenvalue weighted by Gasteiger charge is -2.01. The van der Waals surface area contributed by atoms with Crippen LogP contribution in [0.3, 0.4) is 0 Å². The normalized spacial score (nSPS) is 11.0. The van der Waals surface area contributed by atoms with Crippen LogP contribution >= 0.6 is 11.6 Å². The number of oxime groups is 1. The van der Waals surface area contributed by atoms with Gasteiger partial charge in [0.2, 0.25) is 0 Å². The minimum Gasteiger partial charge on any atom is -0.297 e. The van der Waals surface area contributed by atoms with Crippen LogP contribution in [0.2, 0.25) is 0 Å². The maximum atomic E-state index is 11.2. The van der Waals surface area contributed by atoms with Crippen LogP contribution in [0.25, 0.3) is 0 Å². The van der Waals surface area contributed by atoms with Gasteiger partial charge in [-0.3, -0.25) is 10.2 Å². The van der Waals surface area contributed by atoms with Crippen molar-refractivity contribution in [1.29, 1.82) is 0 Å². The number of halogens is 1. The SMILES string of the molecule is CCC/C(Cl)=N\OC(=O)Nc1ccccc1. The number of para-hydroxylation sites is 1. The first kappa shape index (κ1) is 12.5. The molecule has 0 saturated carbocycles. The van der Waals surface area contributed by atoms with Gasteiger partial charge in [0.1, 0.15) is 5.17 Å². The van der Waals surface area contributed by atoms with Gasteiger partial charge in [-0.25, -0.2) is 4.79 Å². The summed E-state index contributed by atoms with van der Waals surface area (Å²) >= 11 is 5.67. The highest BCUT2D eigenvalue weighted by Crippen LogP contribution is 2.05. The molecule has 1 aromatic rings. The van der Waals surface area contributed by atoms with E-state index in [0.717, 1.165) is 6.42 Å². The van der Waals surface area contributed by atoms with Gasteiger partial charge in [0, 0.05) is 12.1 Å². The van der Waals surface area contributed by atoms with Crippen molar-refractivity contribution in [3.05, 3.63) is 30.3 Å². The van der Waals surface area contributed by atoms with E-state index >= 15 is 0 Å². The Morgan fingerprint density at radius 1 is 1.44 bits per heavy atom. The molecular formula is C11H13ClN2O2. The molecule has 86 valence electrons. The number of carbonyl (C=O) groups excluding carboxylic acids is 1. The fourth-order valence-corrected chi connectivity index (χ4v) is 1.23. The van der Waals surface area contributed by atoms with Gasteiger partial charge in [-0.05, 0) is 18.6 Å². The number of amides is 1. The molecule has 0 unspecified atom stereocenters. The van der Waals surface area contributed by atoms with Gasteiger partial charge in [0.05, 0.1) is 0 Å². The van der Waals surface area contributed by atoms with Crippen LogP contribution in [0.5, 0.6) is 0 Å². The van der Waals surface area contributed by atoms with Gasteiger partial charge in [-0.2, -0.15) is 0 Å². The highest BCUT2D eigenvalue weighted by Gasteiger charge is 2.02. The van der Waals surface area contributed by atoms with E-state index < -0.39 is 6.09 Å². The number of hydrogen-bond donors (Lipinski definition) is 1. The smallest absolute Gasteiger partial charge is 0.297 e. The number of nitrogens with one attached hydrogen (secondary N) is 1. The molecule has 0 aliphatic heterocycles. The summed E-state index contributed by atoms with van der Waals surface area (Å²) < 4.78 is 0. The van der Waals surface area contributed by atoms with Crippen LogP contribution in [0.1, 0.15) is 19.8 Å². The average Bonchev–Trinajstić information content (AvgIpc) is 2.28. The topological polar surface area (TPSA) is 50.7 Å². The highest BCUT2D eigenvalue weighted by molar-refractivity contribution is 6.65. The Hall–Kier alpha value is -1.55. The molecule has 1 N–H and O–H groups in total. The molecule has 16 heavy (non-hydrogen) atoms. The van der Waals surface area contributed by atoms with Gasteiger partial charge in [-0.15, -0.1) is 0 Å². The summed E-state index contributed by atoms with van der Waals surface area (Å²) in [6.45, 7) is 1.96. The lowest BCUT2D eigenvalue weighted by molar-refractivity contribution is 0.166. The Balaban J connectivity index is 2.40. The van der Waals surface area contributed by atoms with Crippen molar-refractivity contribution in [2.24, 2.45) is 5.16 Å². The lowest BCUT2D eigenvalue weighted by atomic mass is 10.3. The Kier molecular flexibility index (Phi) is 5.36. The van der Waals surface area contributed by atoms with Crippen molar-refractivity contribution < 1.29 is 9.63 Å². The summed E-state index contributed by atoms with van der Waals surface area (Å²) in [4.78, 5) is 15.8. The lowest BCUT2D eigenvalue weighted by Crippen LogP contribution is -2.11. The molecule has 0 aromatic heterocycles. The summed E-state index contributed by atoms with van der Waals surface area (Å²) in [5, 5.41) is 6.28. The maximum absolute atomic E-state index is 11.2. The second kappa shape index (κ2) is 6.85. The van der Waals surface area contributed by atoms with Crippen molar-refractivity contribution in [3.8, 4) is 0 Å². The van der Waals surface area contributed by atoms with E-state index in [1.807, 2.05) is 25.1 Å². The van der Waals surface area contributed by atoms with E-state index in [-0.39, 0.29) is 5.17 Å². The number of rotatable bonds is 4. The van der Waals surface area contributed by atoms with E-state index in [1.165, 1.54) is 0 Å². The molecule has 0 aliphatic carbocycles. The van der Waals surface area contributed by atoms with E-state index in [1.54, 1.807) is 12.1 Å². The van der Waals surface area contributed by atoms with Gasteiger partial charge in [0.25, 0.3) is 0 Å². The van der Waals surface area contributed by atoms with E-state index in [4.69, 9.17) is 11.6 Å². The van der Waals surface area contributed by atoms with Crippen LogP contribution in [0.4, 0.5) is 10.5 Å². The summed E-state index contributed by atoms with van der Waals surface area (Å²) in [5.74, 6) is 0. The second-order valence-corrected chi connectivity index (χ2v) is 3.52. The van der Waals surface area contributed by atoms with Crippen molar-refractivity contribution >= 4 is 28.6 Å². The molecule has 0 spiro atoms. The average molecular weight is 241 g/mol. The summed E-state index contributed by atoms with van der Waals surface area (Å²) in [5.41, 5.74) is 0.648. The van der Waals surface area contributed by atoms with Crippen molar-refractivity contribution in [3.63, 3.8) is 0 Å². The summed E-state index contributed by atoms with van der Waals surface area (Å²) in [7, 11) is 0. The van der Waals surface area contributed by atoms with Crippen molar-refractivity contribution in [2.45, 2.75) is 19.8 Å². The van der Waals surface area contributed by atoms with Gasteiger partial charge in [-0.1, -0.05) is 41.9 Å². The highest BCUT2D eigenvalue weighted by atomic mass is 35.5. The third-order valence-electron chi connectivity index (χ3n) is 1.70. The molecule has 0 saturated heterocycles. The van der Waals surface area contributed by atoms with Crippen LogP contribution in [-0.4, -0.2) is 11.3 Å². The summed E-state index contributed by atoms with van der Waals surface area (Å²) in [6.07, 6.45) is 0.798. The zero-order chi connectivity index (χ0) is 11.8. The maximum Gasteiger partial charge on any atom is 0.437 e. The molecule has 1 amide bonds. The fourth-order valence-electron chi connectivity index (χ4n) is 1.01. The molecule has 1 rings (SSSR count). The Morgan fingerprint density at radius 2 is 2.12 bits per heavy atom. The molecule has 5 heteroatoms. The third-order valence-corrected chi connectivity index (χ3v) is 1.96. The summed E-state index contributed by atoms with van der Waals surface area (Å²) in [6, 6.07) is 8.97. The van der Waals surface area contributed by atoms with Gasteiger partial charge >= 0.3 is 6.09 Å². The number of benzene rings is 1. The number of nitrogens with zero attached hydrogens (tertiary/aromatic N) is 1. The molecule has 0 heterocycles. The predicted octanol–water partition coefficient (Wildman–Crippen LogP) is 3.59. The zero-order valence-electron chi connectivity index (χ0n) is 8.94. The number of anilines is 1. The molecule has 0 radical (unpaired) electrons. The van der Waals surface area contributed by atoms with Crippen LogP contribution < -0.4 is 5.32 Å². The van der Waals surface area contributed by atoms with Crippen LogP contribution in [-0.2, 0) is 4.84 Å². The Bertz CT molecular complexity index is 366. The molecule has 0 atom stereocenters. The third kappa shape index (κ3) is 4.79. The fraction of sp³-hybridized carbons (Fsp3) is 0.273. The van der Waals surface area contributed by atoms with E-state index in [9.17, 15) is 4.79 Å². The van der Waals surface area contributed by atoms with Gasteiger partial charge < -0.3 is 0 Å². The Morgan fingerprint density at radius 3 is 2.75 bits per heavy atom. The predicted molar refractivity (Wildman–Crippen MR) is 64.7 cm³/mol. The van der Waals surface area contributed by atoms with E-state index in [0.29, 0.717) is 12.1 Å². The minimum atomic E-state index is -0.652. The second-order valence-electron chi connectivity index (χ2n) is 3.09. The largest absolute Gasteiger partial charge is 0.437 e. The minimum absolute atomic E-state index is 0.283. The number of hydrogen-bond acceptors (Lipinski definition) is 3. The van der Waals surface area contributed by atoms with E-state index in [2.05, 4.69) is 15.3 Å². The first-order valence-electron chi connectivity index (χ1n) is 4.97. The molecule has 4 nitrogen and oxygen atoms in total. The zero-order valence-corrected chi connectivity index (χ0v) is 9.70. The van der Waals surface area contributed by atoms with Crippen LogP contribution in [0, 0.1) is 0 Å². The standard InChI is InChI=1S/C11H13ClN2O2/c1-2-6-10(12)14-16-11(15)13-9-7-4-3-5-8-9/h3-5,7-8H,2,6H2,1H3,(H,13,15)/b14-10+. The van der Waals surface area contributed by atoms with Gasteiger partial charge in [0.15, 0.2) is 0 Å². The molecular weight excluding hydrogens is 228 g/mol. The van der Waals surface area contributed by atoms with Crippen LogP contribution in [0.15, 0.2) is 35.5 Å². The molecule has 0 aliphatic rings. The van der Waals surface area contributed by atoms with Crippen molar-refractivity contribution in [2.75, 3.05) is 5.32 Å². The van der Waals surface area contributed by atoms with Crippen molar-refractivity contribution in [1.82, 2.24) is 0 Å². The monoisotopic (exact) mass is 240 g/mol. The first-order chi connectivity index (χ1) is 7.72. The number of carbonyl (C=O) groups is 1. The first-order valence-corrected chi connectivity index (χ1v) is 5.35. The molecule has 0 bridgehead atoms. The Labute approximate surface area is 99.2 Å². The molecule has 1 aromatic carbocycles.